The van der Waals surface area contributed by atoms with Gasteiger partial charge in [-0.05, 0) is 35.1 Å². The van der Waals surface area contributed by atoms with Crippen molar-refractivity contribution in [3.63, 3.8) is 0 Å². The van der Waals surface area contributed by atoms with Gasteiger partial charge < -0.3 is 9.97 Å². The second-order valence-corrected chi connectivity index (χ2v) is 6.83. The van der Waals surface area contributed by atoms with Gasteiger partial charge in [0.1, 0.15) is 0 Å². The molecule has 2 N–H and O–H groups in total. The molecule has 0 aliphatic heterocycles. The van der Waals surface area contributed by atoms with Crippen molar-refractivity contribution in [2.45, 2.75) is 51.9 Å². The first-order valence-corrected chi connectivity index (χ1v) is 6.60. The second-order valence-electron chi connectivity index (χ2n) is 6.83. The summed E-state index contributed by atoms with van der Waals surface area (Å²) < 4.78 is 0. The highest BCUT2D eigenvalue weighted by molar-refractivity contribution is 5.28. The SMILES string of the molecule is CC(C)(C)c1cc(CC(C)(C)c2cc[nH]c2)c[nH]1. The van der Waals surface area contributed by atoms with Crippen molar-refractivity contribution >= 4 is 0 Å². The van der Waals surface area contributed by atoms with E-state index in [0.29, 0.717) is 0 Å². The zero-order chi connectivity index (χ0) is 13.4. The van der Waals surface area contributed by atoms with Gasteiger partial charge in [-0.15, -0.1) is 0 Å². The van der Waals surface area contributed by atoms with Crippen molar-refractivity contribution in [1.29, 1.82) is 0 Å². The van der Waals surface area contributed by atoms with E-state index in [1.165, 1.54) is 16.8 Å². The molecule has 0 bridgehead atoms. The molecule has 0 unspecified atom stereocenters. The summed E-state index contributed by atoms with van der Waals surface area (Å²) in [7, 11) is 0. The molecule has 0 amide bonds. The topological polar surface area (TPSA) is 31.6 Å². The predicted octanol–water partition coefficient (Wildman–Crippen LogP) is 4.16. The Morgan fingerprint density at radius 2 is 1.78 bits per heavy atom. The van der Waals surface area contributed by atoms with Crippen molar-refractivity contribution in [3.8, 4) is 0 Å². The van der Waals surface area contributed by atoms with E-state index in [9.17, 15) is 0 Å². The Bertz CT molecular complexity index is 495. The molecule has 2 rings (SSSR count). The van der Waals surface area contributed by atoms with Gasteiger partial charge in [0, 0.05) is 29.7 Å². The van der Waals surface area contributed by atoms with Crippen LogP contribution in [0.2, 0.25) is 0 Å². The Balaban J connectivity index is 2.17. The predicted molar refractivity (Wildman–Crippen MR) is 77.0 cm³/mol. The number of hydrogen-bond donors (Lipinski definition) is 2. The zero-order valence-electron chi connectivity index (χ0n) is 12.1. The number of aromatic amines is 2. The van der Waals surface area contributed by atoms with Gasteiger partial charge in [0.15, 0.2) is 0 Å². The van der Waals surface area contributed by atoms with Crippen LogP contribution < -0.4 is 0 Å². The van der Waals surface area contributed by atoms with Gasteiger partial charge >= 0.3 is 0 Å². The molecule has 0 saturated carbocycles. The smallest absolute Gasteiger partial charge is 0.0204 e. The normalized spacial score (nSPS) is 12.9. The van der Waals surface area contributed by atoms with Crippen molar-refractivity contribution in [3.05, 3.63) is 47.5 Å². The number of aromatic nitrogens is 2. The molecule has 2 nitrogen and oxygen atoms in total. The molecule has 0 aromatic carbocycles. The monoisotopic (exact) mass is 244 g/mol. The summed E-state index contributed by atoms with van der Waals surface area (Å²) in [4.78, 5) is 6.55. The van der Waals surface area contributed by atoms with E-state index in [1.54, 1.807) is 0 Å². The van der Waals surface area contributed by atoms with Crippen LogP contribution in [0.25, 0.3) is 0 Å². The Kier molecular flexibility index (Phi) is 3.14. The maximum Gasteiger partial charge on any atom is 0.0204 e. The summed E-state index contributed by atoms with van der Waals surface area (Å²) in [5.74, 6) is 0. The first kappa shape index (κ1) is 13.0. The lowest BCUT2D eigenvalue weighted by molar-refractivity contribution is 0.523. The first-order valence-electron chi connectivity index (χ1n) is 6.60. The van der Waals surface area contributed by atoms with E-state index in [2.05, 4.69) is 69.1 Å². The average molecular weight is 244 g/mol. The Morgan fingerprint density at radius 1 is 1.06 bits per heavy atom. The highest BCUT2D eigenvalue weighted by Crippen LogP contribution is 2.29. The minimum absolute atomic E-state index is 0.164. The molecule has 0 atom stereocenters. The van der Waals surface area contributed by atoms with Gasteiger partial charge in [-0.1, -0.05) is 34.6 Å². The lowest BCUT2D eigenvalue weighted by atomic mass is 9.81. The third kappa shape index (κ3) is 2.69. The molecule has 0 aliphatic carbocycles. The van der Waals surface area contributed by atoms with E-state index in [0.717, 1.165) is 6.42 Å². The van der Waals surface area contributed by atoms with Crippen LogP contribution in [0, 0.1) is 0 Å². The van der Waals surface area contributed by atoms with Crippen LogP contribution in [0.15, 0.2) is 30.7 Å². The largest absolute Gasteiger partial charge is 0.367 e. The Labute approximate surface area is 110 Å². The van der Waals surface area contributed by atoms with Crippen LogP contribution >= 0.6 is 0 Å². The van der Waals surface area contributed by atoms with Crippen LogP contribution in [0.4, 0.5) is 0 Å². The lowest BCUT2D eigenvalue weighted by Gasteiger charge is -2.23. The average Bonchev–Trinajstić information content (AvgIpc) is 2.83. The van der Waals surface area contributed by atoms with Gasteiger partial charge in [-0.25, -0.2) is 0 Å². The summed E-state index contributed by atoms with van der Waals surface area (Å²) in [6, 6.07) is 4.46. The van der Waals surface area contributed by atoms with E-state index in [-0.39, 0.29) is 10.8 Å². The highest BCUT2D eigenvalue weighted by atomic mass is 14.7. The van der Waals surface area contributed by atoms with E-state index in [1.807, 2.05) is 6.20 Å². The van der Waals surface area contributed by atoms with Gasteiger partial charge in [0.05, 0.1) is 0 Å². The molecule has 0 saturated heterocycles. The molecule has 98 valence electrons. The van der Waals surface area contributed by atoms with Crippen LogP contribution in [-0.2, 0) is 17.3 Å². The molecular formula is C16H24N2. The molecular weight excluding hydrogens is 220 g/mol. The van der Waals surface area contributed by atoms with E-state index < -0.39 is 0 Å². The van der Waals surface area contributed by atoms with Crippen molar-refractivity contribution in [2.24, 2.45) is 0 Å². The summed E-state index contributed by atoms with van der Waals surface area (Å²) in [6.45, 7) is 11.3. The lowest BCUT2D eigenvalue weighted by Crippen LogP contribution is -2.19. The number of hydrogen-bond acceptors (Lipinski definition) is 0. The summed E-state index contributed by atoms with van der Waals surface area (Å²) in [5.41, 5.74) is 4.41. The molecule has 0 fully saturated rings. The van der Waals surface area contributed by atoms with Crippen LogP contribution in [0.3, 0.4) is 0 Å². The summed E-state index contributed by atoms with van der Waals surface area (Å²) in [5, 5.41) is 0. The molecule has 2 aromatic heterocycles. The molecule has 2 heteroatoms. The van der Waals surface area contributed by atoms with Crippen molar-refractivity contribution < 1.29 is 0 Å². The number of H-pyrrole nitrogens is 2. The fraction of sp³-hybridized carbons (Fsp3) is 0.500. The Morgan fingerprint density at radius 3 is 2.28 bits per heavy atom. The number of rotatable bonds is 3. The zero-order valence-corrected chi connectivity index (χ0v) is 12.1. The fourth-order valence-electron chi connectivity index (χ4n) is 2.33. The molecule has 2 aromatic rings. The molecule has 0 radical (unpaired) electrons. The second kappa shape index (κ2) is 4.34. The highest BCUT2D eigenvalue weighted by Gasteiger charge is 2.23. The maximum atomic E-state index is 3.41. The van der Waals surface area contributed by atoms with Gasteiger partial charge in [0.2, 0.25) is 0 Å². The summed E-state index contributed by atoms with van der Waals surface area (Å²) in [6.07, 6.45) is 7.29. The number of nitrogens with one attached hydrogen (secondary N) is 2. The van der Waals surface area contributed by atoms with Gasteiger partial charge in [-0.3, -0.25) is 0 Å². The standard InChI is InChI=1S/C16H24N2/c1-15(2,3)14-8-12(10-18-14)9-16(4,5)13-6-7-17-11-13/h6-8,10-11,17-18H,9H2,1-5H3. The van der Waals surface area contributed by atoms with Gasteiger partial charge in [0.25, 0.3) is 0 Å². The quantitative estimate of drug-likeness (QED) is 0.812. The van der Waals surface area contributed by atoms with Crippen LogP contribution in [0.1, 0.15) is 51.4 Å². The van der Waals surface area contributed by atoms with E-state index in [4.69, 9.17) is 0 Å². The fourth-order valence-corrected chi connectivity index (χ4v) is 2.33. The minimum Gasteiger partial charge on any atom is -0.367 e. The molecule has 2 heterocycles. The summed E-state index contributed by atoms with van der Waals surface area (Å²) >= 11 is 0. The molecule has 18 heavy (non-hydrogen) atoms. The first-order chi connectivity index (χ1) is 8.29. The van der Waals surface area contributed by atoms with Crippen molar-refractivity contribution in [2.75, 3.05) is 0 Å². The third-order valence-corrected chi connectivity index (χ3v) is 3.58. The van der Waals surface area contributed by atoms with Crippen LogP contribution in [0.5, 0.6) is 0 Å². The molecule has 0 spiro atoms. The van der Waals surface area contributed by atoms with E-state index >= 15 is 0 Å². The van der Waals surface area contributed by atoms with Crippen LogP contribution in [-0.4, -0.2) is 9.97 Å². The molecule has 0 aliphatic rings. The Hall–Kier alpha value is -1.44. The maximum absolute atomic E-state index is 3.41. The third-order valence-electron chi connectivity index (χ3n) is 3.58. The van der Waals surface area contributed by atoms with Crippen molar-refractivity contribution in [1.82, 2.24) is 9.97 Å². The van der Waals surface area contributed by atoms with Gasteiger partial charge in [-0.2, -0.15) is 0 Å². The minimum atomic E-state index is 0.164.